The number of ether oxygens (including phenoxy) is 1. The maximum absolute atomic E-state index is 12.8. The lowest BCUT2D eigenvalue weighted by Crippen LogP contribution is -2.29. The minimum Gasteiger partial charge on any atom is -0.482 e. The summed E-state index contributed by atoms with van der Waals surface area (Å²) in [7, 11) is 0. The quantitative estimate of drug-likeness (QED) is 0.701. The van der Waals surface area contributed by atoms with Crippen LogP contribution in [0.1, 0.15) is 12.0 Å². The molecule has 1 N–H and O–H groups in total. The average molecular weight is 401 g/mol. The lowest BCUT2D eigenvalue weighted by molar-refractivity contribution is -0.123. The zero-order chi connectivity index (χ0) is 16.7. The van der Waals surface area contributed by atoms with Crippen LogP contribution >= 0.6 is 27.5 Å². The van der Waals surface area contributed by atoms with Crippen molar-refractivity contribution in [3.05, 3.63) is 63.3 Å². The summed E-state index contributed by atoms with van der Waals surface area (Å²) >= 11 is 9.31. The van der Waals surface area contributed by atoms with Crippen LogP contribution in [0.3, 0.4) is 0 Å². The Bertz CT molecular complexity index is 664. The molecule has 6 heteroatoms. The van der Waals surface area contributed by atoms with E-state index in [9.17, 15) is 9.18 Å². The van der Waals surface area contributed by atoms with E-state index in [4.69, 9.17) is 16.3 Å². The van der Waals surface area contributed by atoms with E-state index in [1.807, 2.05) is 0 Å². The van der Waals surface area contributed by atoms with Gasteiger partial charge in [-0.3, -0.25) is 4.79 Å². The van der Waals surface area contributed by atoms with Crippen LogP contribution in [0.4, 0.5) is 4.39 Å². The van der Waals surface area contributed by atoms with E-state index < -0.39 is 0 Å². The van der Waals surface area contributed by atoms with Crippen molar-refractivity contribution in [1.29, 1.82) is 0 Å². The molecule has 0 atom stereocenters. The largest absolute Gasteiger partial charge is 0.482 e. The molecule has 23 heavy (non-hydrogen) atoms. The van der Waals surface area contributed by atoms with E-state index in [2.05, 4.69) is 21.2 Å². The summed E-state index contributed by atoms with van der Waals surface area (Å²) in [6.07, 6.45) is 1.55. The molecule has 0 aromatic heterocycles. The summed E-state index contributed by atoms with van der Waals surface area (Å²) in [6.45, 7) is 0.450. The highest BCUT2D eigenvalue weighted by atomic mass is 79.9. The number of rotatable bonds is 7. The lowest BCUT2D eigenvalue weighted by atomic mass is 10.1. The summed E-state index contributed by atoms with van der Waals surface area (Å²) in [4.78, 5) is 11.7. The first-order valence-electron chi connectivity index (χ1n) is 7.13. The standard InChI is InChI=1S/C17H16BrClFNO2/c18-13-5-8-16(15(19)10-13)23-11-17(22)21-9-1-2-12-3-6-14(20)7-4-12/h3-8,10H,1-2,9,11H2,(H,21,22). The van der Waals surface area contributed by atoms with Crippen LogP contribution in [0.5, 0.6) is 5.75 Å². The Morgan fingerprint density at radius 3 is 2.65 bits per heavy atom. The molecule has 0 aliphatic heterocycles. The van der Waals surface area contributed by atoms with Gasteiger partial charge >= 0.3 is 0 Å². The fourth-order valence-corrected chi connectivity index (χ4v) is 2.69. The van der Waals surface area contributed by atoms with Gasteiger partial charge in [0.15, 0.2) is 6.61 Å². The lowest BCUT2D eigenvalue weighted by Gasteiger charge is -2.09. The van der Waals surface area contributed by atoms with E-state index in [1.165, 1.54) is 12.1 Å². The van der Waals surface area contributed by atoms with Gasteiger partial charge in [-0.1, -0.05) is 39.7 Å². The monoisotopic (exact) mass is 399 g/mol. The molecule has 0 unspecified atom stereocenters. The number of hydrogen-bond acceptors (Lipinski definition) is 2. The van der Waals surface area contributed by atoms with Crippen molar-refractivity contribution in [2.75, 3.05) is 13.2 Å². The molecule has 2 aromatic rings. The summed E-state index contributed by atoms with van der Waals surface area (Å²) in [5, 5.41) is 3.22. The number of amides is 1. The van der Waals surface area contributed by atoms with Crippen molar-refractivity contribution >= 4 is 33.4 Å². The van der Waals surface area contributed by atoms with E-state index in [0.29, 0.717) is 17.3 Å². The number of carbonyl (C=O) groups is 1. The molecule has 0 aliphatic carbocycles. The highest BCUT2D eigenvalue weighted by Crippen LogP contribution is 2.27. The highest BCUT2D eigenvalue weighted by molar-refractivity contribution is 9.10. The van der Waals surface area contributed by atoms with Gasteiger partial charge in [-0.2, -0.15) is 0 Å². The Balaban J connectivity index is 1.66. The summed E-state index contributed by atoms with van der Waals surface area (Å²) in [5.41, 5.74) is 1.04. The molecular weight excluding hydrogens is 385 g/mol. The fraction of sp³-hybridized carbons (Fsp3) is 0.235. The molecule has 0 saturated heterocycles. The number of benzene rings is 2. The molecule has 122 valence electrons. The Morgan fingerprint density at radius 1 is 1.22 bits per heavy atom. The first kappa shape index (κ1) is 17.8. The Hall–Kier alpha value is -1.59. The topological polar surface area (TPSA) is 38.3 Å². The third-order valence-corrected chi connectivity index (χ3v) is 3.92. The van der Waals surface area contributed by atoms with Gasteiger partial charge in [0.05, 0.1) is 5.02 Å². The van der Waals surface area contributed by atoms with Crippen LogP contribution in [0, 0.1) is 5.82 Å². The first-order valence-corrected chi connectivity index (χ1v) is 8.30. The van der Waals surface area contributed by atoms with E-state index in [1.54, 1.807) is 30.3 Å². The molecule has 0 saturated carbocycles. The third kappa shape index (κ3) is 6.20. The number of carbonyl (C=O) groups excluding carboxylic acids is 1. The molecule has 0 radical (unpaired) electrons. The van der Waals surface area contributed by atoms with Gasteiger partial charge in [-0.15, -0.1) is 0 Å². The fourth-order valence-electron chi connectivity index (χ4n) is 1.96. The van der Waals surface area contributed by atoms with Gasteiger partial charge < -0.3 is 10.1 Å². The van der Waals surface area contributed by atoms with Gasteiger partial charge in [0.25, 0.3) is 5.91 Å². The van der Waals surface area contributed by atoms with Crippen LogP contribution in [-0.4, -0.2) is 19.1 Å². The number of nitrogens with one attached hydrogen (secondary N) is 1. The smallest absolute Gasteiger partial charge is 0.257 e. The van der Waals surface area contributed by atoms with Crippen molar-refractivity contribution in [1.82, 2.24) is 5.32 Å². The van der Waals surface area contributed by atoms with Gasteiger partial charge in [-0.05, 0) is 48.7 Å². The molecule has 2 rings (SSSR count). The zero-order valence-electron chi connectivity index (χ0n) is 12.3. The predicted molar refractivity (Wildman–Crippen MR) is 92.4 cm³/mol. The second kappa shape index (κ2) is 8.89. The highest BCUT2D eigenvalue weighted by Gasteiger charge is 2.06. The molecule has 0 spiro atoms. The summed E-state index contributed by atoms with van der Waals surface area (Å²) in [6, 6.07) is 11.6. The van der Waals surface area contributed by atoms with Crippen LogP contribution in [0.2, 0.25) is 5.02 Å². The molecule has 3 nitrogen and oxygen atoms in total. The maximum atomic E-state index is 12.8. The van der Waals surface area contributed by atoms with Crippen LogP contribution in [0.15, 0.2) is 46.9 Å². The number of aryl methyl sites for hydroxylation is 1. The maximum Gasteiger partial charge on any atom is 0.257 e. The van der Waals surface area contributed by atoms with Crippen LogP contribution in [-0.2, 0) is 11.2 Å². The van der Waals surface area contributed by atoms with Crippen molar-refractivity contribution in [2.24, 2.45) is 0 Å². The summed E-state index contributed by atoms with van der Waals surface area (Å²) in [5.74, 6) is 0.0187. The molecule has 0 aliphatic rings. The van der Waals surface area contributed by atoms with Gasteiger partial charge in [-0.25, -0.2) is 4.39 Å². The predicted octanol–water partition coefficient (Wildman–Crippen LogP) is 4.37. The van der Waals surface area contributed by atoms with Crippen LogP contribution < -0.4 is 10.1 Å². The molecular formula is C17H16BrClFNO2. The SMILES string of the molecule is O=C(COc1ccc(Br)cc1Cl)NCCCc1ccc(F)cc1. The second-order valence-corrected chi connectivity index (χ2v) is 6.27. The molecule has 0 fully saturated rings. The average Bonchev–Trinajstić information content (AvgIpc) is 2.52. The molecule has 0 heterocycles. The van der Waals surface area contributed by atoms with Crippen LogP contribution in [0.25, 0.3) is 0 Å². The molecule has 2 aromatic carbocycles. The minimum atomic E-state index is -0.245. The second-order valence-electron chi connectivity index (χ2n) is 4.94. The van der Waals surface area contributed by atoms with E-state index in [-0.39, 0.29) is 18.3 Å². The van der Waals surface area contributed by atoms with Gasteiger partial charge in [0.2, 0.25) is 0 Å². The van der Waals surface area contributed by atoms with E-state index >= 15 is 0 Å². The molecule has 0 bridgehead atoms. The van der Waals surface area contributed by atoms with Gasteiger partial charge in [0.1, 0.15) is 11.6 Å². The Morgan fingerprint density at radius 2 is 1.96 bits per heavy atom. The van der Waals surface area contributed by atoms with Crippen molar-refractivity contribution in [3.8, 4) is 5.75 Å². The zero-order valence-corrected chi connectivity index (χ0v) is 14.7. The summed E-state index contributed by atoms with van der Waals surface area (Å²) < 4.78 is 19.0. The van der Waals surface area contributed by atoms with Gasteiger partial charge in [0, 0.05) is 11.0 Å². The molecule has 1 amide bonds. The Labute approximate surface area is 147 Å². The number of halogens is 3. The van der Waals surface area contributed by atoms with Crippen molar-refractivity contribution in [3.63, 3.8) is 0 Å². The Kier molecular flexibility index (Phi) is 6.86. The number of hydrogen-bond donors (Lipinski definition) is 1. The normalized spacial score (nSPS) is 10.4. The van der Waals surface area contributed by atoms with Crippen molar-refractivity contribution < 1.29 is 13.9 Å². The van der Waals surface area contributed by atoms with Crippen molar-refractivity contribution in [2.45, 2.75) is 12.8 Å². The van der Waals surface area contributed by atoms with E-state index in [0.717, 1.165) is 22.9 Å². The first-order chi connectivity index (χ1) is 11.0. The third-order valence-electron chi connectivity index (χ3n) is 3.13. The minimum absolute atomic E-state index is 0.0854.